The van der Waals surface area contributed by atoms with Crippen molar-refractivity contribution < 1.29 is 39.8 Å². The SMILES string of the molecule is Cc1cc(F)[c-]c(C(=O)[N-]C2CCC(=O)NC2=O)c1.[W+2]. The number of nitrogens with one attached hydrogen (secondary N) is 1. The van der Waals surface area contributed by atoms with Crippen molar-refractivity contribution >= 4 is 17.7 Å². The molecule has 2 rings (SSSR count). The molecule has 1 atom stereocenters. The monoisotopic (exact) mass is 446 g/mol. The Balaban J connectivity index is 0.00000200. The molecule has 1 aliphatic rings. The van der Waals surface area contributed by atoms with Gasteiger partial charge in [0.2, 0.25) is 11.8 Å². The van der Waals surface area contributed by atoms with Gasteiger partial charge in [0.05, 0.1) is 0 Å². The predicted octanol–water partition coefficient (Wildman–Crippen LogP) is 1.25. The van der Waals surface area contributed by atoms with E-state index in [1.807, 2.05) is 0 Å². The number of rotatable bonds is 2. The van der Waals surface area contributed by atoms with Crippen molar-refractivity contribution in [3.63, 3.8) is 0 Å². The number of amides is 3. The number of carbonyl (C=O) groups is 3. The molecule has 1 aliphatic heterocycles. The Morgan fingerprint density at radius 2 is 2.15 bits per heavy atom. The molecule has 3 amide bonds. The second-order valence-corrected chi connectivity index (χ2v) is 4.32. The maximum atomic E-state index is 13.1. The summed E-state index contributed by atoms with van der Waals surface area (Å²) in [6.07, 6.45) is 0.323. The van der Waals surface area contributed by atoms with E-state index in [-0.39, 0.29) is 45.4 Å². The van der Waals surface area contributed by atoms with Gasteiger partial charge in [0, 0.05) is 12.2 Å². The van der Waals surface area contributed by atoms with Crippen LogP contribution in [-0.2, 0) is 30.7 Å². The standard InChI is InChI=1S/C13H12FN2O3.W/c1-7-4-8(6-9(14)5-7)12(18)15-10-2-3-11(17)16-13(10)19;/h4-5,10H,2-3H2,1H3,(H2,15,16,17,18,19);/q-1;+2/p-1. The van der Waals surface area contributed by atoms with E-state index in [0.717, 1.165) is 0 Å². The molecule has 1 fully saturated rings. The van der Waals surface area contributed by atoms with E-state index in [1.54, 1.807) is 6.92 Å². The number of imide groups is 1. The van der Waals surface area contributed by atoms with Gasteiger partial charge in [0.15, 0.2) is 0 Å². The Morgan fingerprint density at radius 1 is 1.45 bits per heavy atom. The molecule has 104 valence electrons. The summed E-state index contributed by atoms with van der Waals surface area (Å²) < 4.78 is 13.1. The molecule has 0 spiro atoms. The summed E-state index contributed by atoms with van der Waals surface area (Å²) in [5, 5.41) is 5.80. The summed E-state index contributed by atoms with van der Waals surface area (Å²) in [6, 6.07) is 4.04. The number of halogens is 1. The second-order valence-electron chi connectivity index (χ2n) is 4.32. The van der Waals surface area contributed by atoms with Crippen molar-refractivity contribution in [3.8, 4) is 0 Å². The Labute approximate surface area is 129 Å². The van der Waals surface area contributed by atoms with Crippen LogP contribution in [-0.4, -0.2) is 23.8 Å². The van der Waals surface area contributed by atoms with Gasteiger partial charge in [-0.25, -0.2) is 4.39 Å². The van der Waals surface area contributed by atoms with Gasteiger partial charge in [-0.1, -0.05) is 6.92 Å². The first-order chi connectivity index (χ1) is 8.95. The zero-order valence-electron chi connectivity index (χ0n) is 10.6. The topological polar surface area (TPSA) is 77.3 Å². The molecule has 7 heteroatoms. The van der Waals surface area contributed by atoms with Crippen LogP contribution in [0.4, 0.5) is 4.39 Å². The fraction of sp³-hybridized carbons (Fsp3) is 0.308. The molecule has 1 N–H and O–H groups in total. The van der Waals surface area contributed by atoms with Crippen LogP contribution in [0.25, 0.3) is 5.32 Å². The van der Waals surface area contributed by atoms with Crippen LogP contribution < -0.4 is 5.32 Å². The fourth-order valence-electron chi connectivity index (χ4n) is 1.80. The molecule has 0 bridgehead atoms. The van der Waals surface area contributed by atoms with E-state index < -0.39 is 23.7 Å². The zero-order chi connectivity index (χ0) is 14.0. The first kappa shape index (κ1) is 16.5. The minimum Gasteiger partial charge on any atom is -0.684 e. The average Bonchev–Trinajstić information content (AvgIpc) is 2.31. The van der Waals surface area contributed by atoms with E-state index in [0.29, 0.717) is 5.56 Å². The molecule has 1 unspecified atom stereocenters. The first-order valence-corrected chi connectivity index (χ1v) is 5.74. The maximum absolute atomic E-state index is 13.1. The normalized spacial score (nSPS) is 18.0. The van der Waals surface area contributed by atoms with Gasteiger partial charge in [0.1, 0.15) is 0 Å². The van der Waals surface area contributed by atoms with Gasteiger partial charge >= 0.3 is 21.1 Å². The number of aryl methyl sites for hydroxylation is 1. The summed E-state index contributed by atoms with van der Waals surface area (Å²) in [4.78, 5) is 34.2. The van der Waals surface area contributed by atoms with Crippen LogP contribution >= 0.6 is 0 Å². The third kappa shape index (κ3) is 3.97. The van der Waals surface area contributed by atoms with Crippen LogP contribution in [0.2, 0.25) is 0 Å². The Morgan fingerprint density at radius 3 is 2.75 bits per heavy atom. The maximum Gasteiger partial charge on any atom is 2.00 e. The molecule has 0 aliphatic carbocycles. The molecule has 20 heavy (non-hydrogen) atoms. The molecule has 1 aromatic carbocycles. The summed E-state index contributed by atoms with van der Waals surface area (Å²) in [5.41, 5.74) is 0.542. The van der Waals surface area contributed by atoms with Crippen molar-refractivity contribution in [2.24, 2.45) is 0 Å². The van der Waals surface area contributed by atoms with Crippen molar-refractivity contribution in [1.29, 1.82) is 0 Å². The van der Waals surface area contributed by atoms with Gasteiger partial charge in [-0.3, -0.25) is 14.9 Å². The summed E-state index contributed by atoms with van der Waals surface area (Å²) >= 11 is 0. The zero-order valence-corrected chi connectivity index (χ0v) is 13.5. The van der Waals surface area contributed by atoms with Crippen molar-refractivity contribution in [3.05, 3.63) is 40.5 Å². The van der Waals surface area contributed by atoms with Crippen LogP contribution in [0, 0.1) is 18.8 Å². The molecule has 5 nitrogen and oxygen atoms in total. The average molecular weight is 446 g/mol. The van der Waals surface area contributed by atoms with E-state index >= 15 is 0 Å². The third-order valence-corrected chi connectivity index (χ3v) is 2.69. The number of carbonyl (C=O) groups excluding carboxylic acids is 3. The number of hydrogen-bond donors (Lipinski definition) is 1. The molecule has 1 heterocycles. The number of nitrogens with zero attached hydrogens (tertiary/aromatic N) is 1. The van der Waals surface area contributed by atoms with E-state index in [9.17, 15) is 18.8 Å². The van der Waals surface area contributed by atoms with Crippen molar-refractivity contribution in [1.82, 2.24) is 5.32 Å². The summed E-state index contributed by atoms with van der Waals surface area (Å²) in [6.45, 7) is 1.64. The quantitative estimate of drug-likeness (QED) is 0.549. The van der Waals surface area contributed by atoms with Crippen LogP contribution in [0.3, 0.4) is 0 Å². The van der Waals surface area contributed by atoms with Crippen molar-refractivity contribution in [2.75, 3.05) is 0 Å². The van der Waals surface area contributed by atoms with Gasteiger partial charge in [0.25, 0.3) is 0 Å². The Kier molecular flexibility index (Phi) is 5.57. The number of piperidine rings is 1. The molecule has 0 radical (unpaired) electrons. The number of hydrogen-bond acceptors (Lipinski definition) is 3. The minimum atomic E-state index is -0.901. The predicted molar refractivity (Wildman–Crippen MR) is 63.8 cm³/mol. The third-order valence-electron chi connectivity index (χ3n) is 2.69. The van der Waals surface area contributed by atoms with Gasteiger partial charge in [-0.05, 0) is 18.4 Å². The van der Waals surface area contributed by atoms with Crippen LogP contribution in [0.15, 0.2) is 12.1 Å². The van der Waals surface area contributed by atoms with E-state index in [2.05, 4.69) is 16.7 Å². The molecule has 0 aromatic heterocycles. The van der Waals surface area contributed by atoms with Crippen LogP contribution in [0.1, 0.15) is 28.8 Å². The largest absolute Gasteiger partial charge is 2.00 e. The fourth-order valence-corrected chi connectivity index (χ4v) is 1.80. The van der Waals surface area contributed by atoms with Gasteiger partial charge in [-0.2, -0.15) is 0 Å². The molecular weight excluding hydrogens is 435 g/mol. The van der Waals surface area contributed by atoms with Crippen LogP contribution in [0.5, 0.6) is 0 Å². The van der Waals surface area contributed by atoms with E-state index in [1.165, 1.54) is 12.1 Å². The summed E-state index contributed by atoms with van der Waals surface area (Å²) in [5.74, 6) is -2.34. The first-order valence-electron chi connectivity index (χ1n) is 5.74. The molecule has 1 aromatic rings. The smallest absolute Gasteiger partial charge is 0.684 e. The Hall–Kier alpha value is -1.55. The second kappa shape index (κ2) is 6.75. The summed E-state index contributed by atoms with van der Waals surface area (Å²) in [7, 11) is 0. The minimum absolute atomic E-state index is 0. The number of benzene rings is 1. The van der Waals surface area contributed by atoms with Crippen molar-refractivity contribution in [2.45, 2.75) is 25.8 Å². The Bertz CT molecular complexity index is 542. The van der Waals surface area contributed by atoms with Gasteiger partial charge in [-0.15, -0.1) is 29.3 Å². The molecular formula is C13H11FN2O3W. The molecule has 0 saturated carbocycles. The van der Waals surface area contributed by atoms with Gasteiger partial charge < -0.3 is 10.1 Å². The molecule has 1 saturated heterocycles. The van der Waals surface area contributed by atoms with E-state index in [4.69, 9.17) is 0 Å².